The van der Waals surface area contributed by atoms with Crippen LogP contribution >= 0.6 is 11.8 Å². The van der Waals surface area contributed by atoms with Gasteiger partial charge in [-0.05, 0) is 41.6 Å². The van der Waals surface area contributed by atoms with Crippen LogP contribution in [0, 0.1) is 15.9 Å². The summed E-state index contributed by atoms with van der Waals surface area (Å²) in [6.07, 6.45) is 1.39. The molecule has 0 aromatic heterocycles. The van der Waals surface area contributed by atoms with Gasteiger partial charge in [-0.3, -0.25) is 24.6 Å². The molecular formula is C18H13FN2O5S. The lowest BCUT2D eigenvalue weighted by molar-refractivity contribution is -0.384. The molecule has 1 saturated heterocycles. The molecule has 1 aliphatic heterocycles. The number of amides is 2. The van der Waals surface area contributed by atoms with Crippen molar-refractivity contribution in [3.05, 3.63) is 74.4 Å². The molecule has 9 heteroatoms. The average molecular weight is 388 g/mol. The van der Waals surface area contributed by atoms with E-state index in [1.165, 1.54) is 55.7 Å². The number of non-ortho nitro benzene ring substituents is 1. The Bertz CT molecular complexity index is 959. The minimum atomic E-state index is -0.558. The number of hydrogen-bond acceptors (Lipinski definition) is 6. The number of nitro benzene ring substituents is 1. The summed E-state index contributed by atoms with van der Waals surface area (Å²) in [6, 6.07) is 9.46. The van der Waals surface area contributed by atoms with E-state index < -0.39 is 21.9 Å². The fourth-order valence-corrected chi connectivity index (χ4v) is 3.33. The van der Waals surface area contributed by atoms with Gasteiger partial charge in [0.15, 0.2) is 0 Å². The van der Waals surface area contributed by atoms with Crippen molar-refractivity contribution in [2.75, 3.05) is 7.11 Å². The fraction of sp³-hybridized carbons (Fsp3) is 0.111. The number of ether oxygens (including phenoxy) is 1. The maximum Gasteiger partial charge on any atom is 0.293 e. The van der Waals surface area contributed by atoms with E-state index in [0.717, 1.165) is 16.7 Å². The number of thioether (sulfide) groups is 1. The van der Waals surface area contributed by atoms with E-state index in [2.05, 4.69) is 0 Å². The molecular weight excluding hydrogens is 375 g/mol. The Balaban J connectivity index is 1.89. The Morgan fingerprint density at radius 2 is 1.93 bits per heavy atom. The summed E-state index contributed by atoms with van der Waals surface area (Å²) in [5, 5.41) is 10.5. The number of imide groups is 1. The summed E-state index contributed by atoms with van der Waals surface area (Å²) < 4.78 is 18.2. The minimum absolute atomic E-state index is 0.00829. The number of rotatable bonds is 5. The molecule has 2 aromatic rings. The first-order chi connectivity index (χ1) is 12.9. The summed E-state index contributed by atoms with van der Waals surface area (Å²) in [7, 11) is 1.40. The molecule has 1 aliphatic rings. The fourth-order valence-electron chi connectivity index (χ4n) is 2.50. The van der Waals surface area contributed by atoms with Gasteiger partial charge >= 0.3 is 0 Å². The van der Waals surface area contributed by atoms with Crippen molar-refractivity contribution in [2.24, 2.45) is 0 Å². The van der Waals surface area contributed by atoms with Gasteiger partial charge in [0, 0.05) is 17.7 Å². The van der Waals surface area contributed by atoms with Crippen LogP contribution < -0.4 is 4.74 Å². The van der Waals surface area contributed by atoms with Crippen LogP contribution in [-0.4, -0.2) is 28.1 Å². The Morgan fingerprint density at radius 3 is 2.56 bits per heavy atom. The number of methoxy groups -OCH3 is 1. The van der Waals surface area contributed by atoms with Crippen LogP contribution in [0.2, 0.25) is 0 Å². The molecule has 7 nitrogen and oxygen atoms in total. The Morgan fingerprint density at radius 1 is 1.22 bits per heavy atom. The molecule has 138 valence electrons. The lowest BCUT2D eigenvalue weighted by atomic mass is 10.1. The van der Waals surface area contributed by atoms with E-state index in [4.69, 9.17) is 4.74 Å². The minimum Gasteiger partial charge on any atom is -0.496 e. The van der Waals surface area contributed by atoms with Crippen LogP contribution in [0.15, 0.2) is 47.4 Å². The standard InChI is InChI=1S/C18H13FN2O5S/c1-26-15-7-6-14(21(24)25)8-12(15)9-16-17(22)20(18(23)27-16)10-11-2-4-13(19)5-3-11/h2-9H,10H2,1H3/b16-9+. The second-order valence-electron chi connectivity index (χ2n) is 5.58. The van der Waals surface area contributed by atoms with Gasteiger partial charge in [-0.2, -0.15) is 0 Å². The van der Waals surface area contributed by atoms with Crippen molar-refractivity contribution in [3.63, 3.8) is 0 Å². The van der Waals surface area contributed by atoms with Crippen molar-refractivity contribution in [1.82, 2.24) is 4.90 Å². The van der Waals surface area contributed by atoms with Gasteiger partial charge in [0.1, 0.15) is 11.6 Å². The van der Waals surface area contributed by atoms with Crippen molar-refractivity contribution in [2.45, 2.75) is 6.54 Å². The highest BCUT2D eigenvalue weighted by molar-refractivity contribution is 8.18. The quantitative estimate of drug-likeness (QED) is 0.437. The molecule has 1 fully saturated rings. The second-order valence-corrected chi connectivity index (χ2v) is 6.57. The predicted octanol–water partition coefficient (Wildman–Crippen LogP) is 3.98. The smallest absolute Gasteiger partial charge is 0.293 e. The molecule has 2 amide bonds. The molecule has 3 rings (SSSR count). The summed E-state index contributed by atoms with van der Waals surface area (Å²) in [5.41, 5.74) is 0.763. The first-order valence-electron chi connectivity index (χ1n) is 7.71. The highest BCUT2D eigenvalue weighted by Crippen LogP contribution is 2.35. The van der Waals surface area contributed by atoms with Gasteiger partial charge in [-0.25, -0.2) is 4.39 Å². The van der Waals surface area contributed by atoms with Crippen LogP contribution in [-0.2, 0) is 11.3 Å². The summed E-state index contributed by atoms with van der Waals surface area (Å²) in [5.74, 6) is -0.598. The number of hydrogen-bond donors (Lipinski definition) is 0. The molecule has 0 N–H and O–H groups in total. The van der Waals surface area contributed by atoms with Gasteiger partial charge in [0.2, 0.25) is 0 Å². The first-order valence-corrected chi connectivity index (χ1v) is 8.53. The lowest BCUT2D eigenvalue weighted by Gasteiger charge is -2.12. The van der Waals surface area contributed by atoms with Gasteiger partial charge in [0.05, 0.1) is 23.5 Å². The number of carbonyl (C=O) groups is 2. The van der Waals surface area contributed by atoms with Gasteiger partial charge in [-0.15, -0.1) is 0 Å². The summed E-state index contributed by atoms with van der Waals surface area (Å²) in [4.78, 5) is 36.3. The zero-order valence-electron chi connectivity index (χ0n) is 14.0. The topological polar surface area (TPSA) is 89.8 Å². The van der Waals surface area contributed by atoms with Crippen LogP contribution in [0.1, 0.15) is 11.1 Å². The zero-order chi connectivity index (χ0) is 19.6. The molecule has 0 saturated carbocycles. The van der Waals surface area contributed by atoms with Crippen LogP contribution in [0.25, 0.3) is 6.08 Å². The first kappa shape index (κ1) is 18.6. The third-order valence-corrected chi connectivity index (χ3v) is 4.75. The predicted molar refractivity (Wildman–Crippen MR) is 97.6 cm³/mol. The molecule has 0 bridgehead atoms. The van der Waals surface area contributed by atoms with E-state index in [1.54, 1.807) is 0 Å². The van der Waals surface area contributed by atoms with E-state index in [0.29, 0.717) is 16.9 Å². The second kappa shape index (κ2) is 7.58. The van der Waals surface area contributed by atoms with E-state index >= 15 is 0 Å². The van der Waals surface area contributed by atoms with Crippen LogP contribution in [0.5, 0.6) is 5.75 Å². The van der Waals surface area contributed by atoms with Crippen LogP contribution in [0.4, 0.5) is 14.9 Å². The number of carbonyl (C=O) groups excluding carboxylic acids is 2. The van der Waals surface area contributed by atoms with Crippen molar-refractivity contribution < 1.29 is 23.6 Å². The molecule has 0 unspecified atom stereocenters. The molecule has 2 aromatic carbocycles. The summed E-state index contributed by atoms with van der Waals surface area (Å²) >= 11 is 0.732. The molecule has 1 heterocycles. The highest BCUT2D eigenvalue weighted by atomic mass is 32.2. The highest BCUT2D eigenvalue weighted by Gasteiger charge is 2.35. The molecule has 0 aliphatic carbocycles. The van der Waals surface area contributed by atoms with Crippen molar-refractivity contribution in [3.8, 4) is 5.75 Å². The molecule has 27 heavy (non-hydrogen) atoms. The third kappa shape index (κ3) is 3.98. The van der Waals surface area contributed by atoms with Gasteiger partial charge in [0.25, 0.3) is 16.8 Å². The van der Waals surface area contributed by atoms with E-state index in [1.807, 2.05) is 0 Å². The molecule has 0 spiro atoms. The largest absolute Gasteiger partial charge is 0.496 e. The lowest BCUT2D eigenvalue weighted by Crippen LogP contribution is -2.27. The van der Waals surface area contributed by atoms with E-state index in [9.17, 15) is 24.1 Å². The number of nitrogens with zero attached hydrogens (tertiary/aromatic N) is 2. The Hall–Kier alpha value is -3.20. The molecule has 0 radical (unpaired) electrons. The number of halogens is 1. The Labute approximate surface area is 157 Å². The van der Waals surface area contributed by atoms with Gasteiger partial charge < -0.3 is 4.74 Å². The maximum absolute atomic E-state index is 13.0. The third-order valence-electron chi connectivity index (χ3n) is 3.84. The van der Waals surface area contributed by atoms with Crippen LogP contribution in [0.3, 0.4) is 0 Å². The van der Waals surface area contributed by atoms with Gasteiger partial charge in [-0.1, -0.05) is 12.1 Å². The number of benzene rings is 2. The normalized spacial score (nSPS) is 15.5. The SMILES string of the molecule is COc1ccc([N+](=O)[O-])cc1/C=C1/SC(=O)N(Cc2ccc(F)cc2)C1=O. The van der Waals surface area contributed by atoms with E-state index in [-0.39, 0.29) is 17.1 Å². The monoisotopic (exact) mass is 388 g/mol. The van der Waals surface area contributed by atoms with Crippen molar-refractivity contribution >= 4 is 34.7 Å². The molecule has 0 atom stereocenters. The summed E-state index contributed by atoms with van der Waals surface area (Å²) in [6.45, 7) is 0.00829. The zero-order valence-corrected chi connectivity index (χ0v) is 14.9. The maximum atomic E-state index is 13.0. The average Bonchev–Trinajstić information content (AvgIpc) is 2.90. The van der Waals surface area contributed by atoms with Crippen molar-refractivity contribution in [1.29, 1.82) is 0 Å². The number of nitro groups is 1. The Kier molecular flexibility index (Phi) is 5.22.